The van der Waals surface area contributed by atoms with Gasteiger partial charge in [-0.05, 0) is 43.1 Å². The van der Waals surface area contributed by atoms with Gasteiger partial charge in [-0.3, -0.25) is 4.90 Å². The third-order valence-corrected chi connectivity index (χ3v) is 4.21. The van der Waals surface area contributed by atoms with Crippen molar-refractivity contribution in [1.82, 2.24) is 14.9 Å². The quantitative estimate of drug-likeness (QED) is 0.917. The maximum Gasteiger partial charge on any atom is 0.222 e. The van der Waals surface area contributed by atoms with Gasteiger partial charge in [0.2, 0.25) is 5.95 Å². The van der Waals surface area contributed by atoms with Gasteiger partial charge in [-0.15, -0.1) is 0 Å². The Kier molecular flexibility index (Phi) is 5.37. The van der Waals surface area contributed by atoms with E-state index in [-0.39, 0.29) is 0 Å². The molecule has 2 heterocycles. The largest absolute Gasteiger partial charge is 0.350 e. The van der Waals surface area contributed by atoms with Crippen molar-refractivity contribution in [2.75, 3.05) is 18.4 Å². The highest BCUT2D eigenvalue weighted by Crippen LogP contribution is 2.16. The molecule has 1 aliphatic rings. The summed E-state index contributed by atoms with van der Waals surface area (Å²) in [6, 6.07) is 10.5. The first-order valence-electron chi connectivity index (χ1n) is 8.22. The molecular formula is C18H24N4. The Morgan fingerprint density at radius 3 is 2.27 bits per heavy atom. The van der Waals surface area contributed by atoms with E-state index in [1.54, 1.807) is 12.4 Å². The predicted octanol–water partition coefficient (Wildman–Crippen LogP) is 3.46. The maximum absolute atomic E-state index is 4.22. The summed E-state index contributed by atoms with van der Waals surface area (Å²) in [5, 5.41) is 3.31. The lowest BCUT2D eigenvalue weighted by Crippen LogP contribution is -2.24. The van der Waals surface area contributed by atoms with Crippen molar-refractivity contribution in [2.45, 2.75) is 38.8 Å². The Bertz CT molecular complexity index is 562. The first-order chi connectivity index (χ1) is 10.9. The summed E-state index contributed by atoms with van der Waals surface area (Å²) in [5.41, 5.74) is 2.74. The third-order valence-electron chi connectivity index (χ3n) is 4.21. The topological polar surface area (TPSA) is 41.1 Å². The molecule has 2 aromatic rings. The predicted molar refractivity (Wildman–Crippen MR) is 89.5 cm³/mol. The fourth-order valence-corrected chi connectivity index (χ4v) is 2.98. The van der Waals surface area contributed by atoms with E-state index < -0.39 is 0 Å². The van der Waals surface area contributed by atoms with E-state index in [1.165, 1.54) is 49.9 Å². The standard InChI is InChI=1S/C18H24N4/c1-2-6-13-22(12-5-1)15-17-9-4-3-8-16(17)14-21-18-19-10-7-11-20-18/h3-4,7-11H,1-2,5-6,12-15H2,(H,19,20,21). The van der Waals surface area contributed by atoms with Gasteiger partial charge >= 0.3 is 0 Å². The van der Waals surface area contributed by atoms with Crippen LogP contribution in [0.3, 0.4) is 0 Å². The number of benzene rings is 1. The summed E-state index contributed by atoms with van der Waals surface area (Å²) in [7, 11) is 0. The molecule has 0 atom stereocenters. The Morgan fingerprint density at radius 1 is 0.864 bits per heavy atom. The van der Waals surface area contributed by atoms with Gasteiger partial charge in [0.25, 0.3) is 0 Å². The van der Waals surface area contributed by atoms with Crippen molar-refractivity contribution >= 4 is 5.95 Å². The number of rotatable bonds is 5. The van der Waals surface area contributed by atoms with Crippen LogP contribution < -0.4 is 5.32 Å². The van der Waals surface area contributed by atoms with Gasteiger partial charge < -0.3 is 5.32 Å². The van der Waals surface area contributed by atoms with Gasteiger partial charge in [-0.1, -0.05) is 37.1 Å². The van der Waals surface area contributed by atoms with Crippen molar-refractivity contribution in [3.8, 4) is 0 Å². The molecule has 1 aromatic carbocycles. The molecule has 0 aliphatic carbocycles. The summed E-state index contributed by atoms with van der Waals surface area (Å²) >= 11 is 0. The van der Waals surface area contributed by atoms with Gasteiger partial charge in [0, 0.05) is 25.5 Å². The van der Waals surface area contributed by atoms with Gasteiger partial charge in [0.05, 0.1) is 0 Å². The molecule has 1 N–H and O–H groups in total. The molecule has 0 saturated carbocycles. The second-order valence-electron chi connectivity index (χ2n) is 5.89. The first kappa shape index (κ1) is 15.0. The molecule has 116 valence electrons. The molecule has 3 rings (SSSR count). The molecule has 0 bridgehead atoms. The molecule has 0 unspecified atom stereocenters. The Labute approximate surface area is 132 Å². The van der Waals surface area contributed by atoms with E-state index in [9.17, 15) is 0 Å². The minimum absolute atomic E-state index is 0.687. The molecular weight excluding hydrogens is 272 g/mol. The van der Waals surface area contributed by atoms with Gasteiger partial charge in [0.15, 0.2) is 0 Å². The monoisotopic (exact) mass is 296 g/mol. The van der Waals surface area contributed by atoms with Crippen molar-refractivity contribution in [3.05, 3.63) is 53.9 Å². The van der Waals surface area contributed by atoms with Crippen LogP contribution in [0.25, 0.3) is 0 Å². The van der Waals surface area contributed by atoms with Crippen LogP contribution in [0.2, 0.25) is 0 Å². The molecule has 1 aliphatic heterocycles. The van der Waals surface area contributed by atoms with E-state index in [4.69, 9.17) is 0 Å². The second-order valence-corrected chi connectivity index (χ2v) is 5.89. The summed E-state index contributed by atoms with van der Waals surface area (Å²) in [6.07, 6.45) is 8.95. The van der Waals surface area contributed by atoms with Crippen LogP contribution in [0, 0.1) is 0 Å². The van der Waals surface area contributed by atoms with E-state index in [0.717, 1.165) is 13.1 Å². The zero-order valence-corrected chi connectivity index (χ0v) is 13.0. The maximum atomic E-state index is 4.22. The Morgan fingerprint density at radius 2 is 1.55 bits per heavy atom. The number of hydrogen-bond donors (Lipinski definition) is 1. The van der Waals surface area contributed by atoms with Crippen LogP contribution in [-0.4, -0.2) is 28.0 Å². The fraction of sp³-hybridized carbons (Fsp3) is 0.444. The van der Waals surface area contributed by atoms with E-state index in [1.807, 2.05) is 6.07 Å². The molecule has 1 aromatic heterocycles. The molecule has 1 saturated heterocycles. The number of anilines is 1. The molecule has 0 spiro atoms. The van der Waals surface area contributed by atoms with Gasteiger partial charge in [-0.25, -0.2) is 9.97 Å². The molecule has 4 heteroatoms. The number of nitrogens with zero attached hydrogens (tertiary/aromatic N) is 3. The number of likely N-dealkylation sites (tertiary alicyclic amines) is 1. The average molecular weight is 296 g/mol. The van der Waals surface area contributed by atoms with Crippen LogP contribution in [0.4, 0.5) is 5.95 Å². The number of aromatic nitrogens is 2. The zero-order chi connectivity index (χ0) is 15.0. The van der Waals surface area contributed by atoms with Crippen LogP contribution in [0.1, 0.15) is 36.8 Å². The lowest BCUT2D eigenvalue weighted by atomic mass is 10.1. The van der Waals surface area contributed by atoms with Crippen LogP contribution in [0.5, 0.6) is 0 Å². The van der Waals surface area contributed by atoms with Gasteiger partial charge in [-0.2, -0.15) is 0 Å². The van der Waals surface area contributed by atoms with Crippen LogP contribution in [-0.2, 0) is 13.1 Å². The Balaban J connectivity index is 1.64. The minimum Gasteiger partial charge on any atom is -0.350 e. The van der Waals surface area contributed by atoms with Crippen molar-refractivity contribution in [2.24, 2.45) is 0 Å². The normalized spacial score (nSPS) is 16.2. The molecule has 22 heavy (non-hydrogen) atoms. The highest BCUT2D eigenvalue weighted by atomic mass is 15.1. The third kappa shape index (κ3) is 4.28. The number of nitrogens with one attached hydrogen (secondary N) is 1. The SMILES string of the molecule is c1cnc(NCc2ccccc2CN2CCCCCC2)nc1. The molecule has 0 amide bonds. The Hall–Kier alpha value is -1.94. The van der Waals surface area contributed by atoms with Crippen LogP contribution in [0.15, 0.2) is 42.7 Å². The number of hydrogen-bond acceptors (Lipinski definition) is 4. The van der Waals surface area contributed by atoms with Crippen molar-refractivity contribution in [1.29, 1.82) is 0 Å². The highest BCUT2D eigenvalue weighted by molar-refractivity contribution is 5.32. The highest BCUT2D eigenvalue weighted by Gasteiger charge is 2.11. The summed E-state index contributed by atoms with van der Waals surface area (Å²) in [6.45, 7) is 4.27. The lowest BCUT2D eigenvalue weighted by Gasteiger charge is -2.21. The molecule has 0 radical (unpaired) electrons. The van der Waals surface area contributed by atoms with Crippen LogP contribution >= 0.6 is 0 Å². The van der Waals surface area contributed by atoms with E-state index in [0.29, 0.717) is 5.95 Å². The van der Waals surface area contributed by atoms with Crippen molar-refractivity contribution in [3.63, 3.8) is 0 Å². The summed E-state index contributed by atoms with van der Waals surface area (Å²) in [4.78, 5) is 11.0. The smallest absolute Gasteiger partial charge is 0.222 e. The minimum atomic E-state index is 0.687. The van der Waals surface area contributed by atoms with E-state index in [2.05, 4.69) is 44.5 Å². The fourth-order valence-electron chi connectivity index (χ4n) is 2.98. The summed E-state index contributed by atoms with van der Waals surface area (Å²) in [5.74, 6) is 0.687. The average Bonchev–Trinajstić information content (AvgIpc) is 2.84. The lowest BCUT2D eigenvalue weighted by molar-refractivity contribution is 0.276. The second kappa shape index (κ2) is 7.90. The van der Waals surface area contributed by atoms with E-state index >= 15 is 0 Å². The van der Waals surface area contributed by atoms with Gasteiger partial charge in [0.1, 0.15) is 0 Å². The van der Waals surface area contributed by atoms with Crippen molar-refractivity contribution < 1.29 is 0 Å². The molecule has 4 nitrogen and oxygen atoms in total. The summed E-state index contributed by atoms with van der Waals surface area (Å²) < 4.78 is 0. The molecule has 1 fully saturated rings. The first-order valence-corrected chi connectivity index (χ1v) is 8.22. The zero-order valence-electron chi connectivity index (χ0n) is 13.0.